The Morgan fingerprint density at radius 2 is 2.33 bits per heavy atom. The van der Waals surface area contributed by atoms with E-state index in [1.165, 1.54) is 0 Å². The Balaban J connectivity index is 2.21. The molecule has 1 aromatic rings. The van der Waals surface area contributed by atoms with Crippen molar-refractivity contribution in [3.8, 4) is 11.8 Å². The van der Waals surface area contributed by atoms with E-state index in [1.54, 1.807) is 6.07 Å². The Bertz CT molecular complexity index is 571. The largest absolute Gasteiger partial charge is 0.384 e. The lowest BCUT2D eigenvalue weighted by Crippen LogP contribution is -2.45. The van der Waals surface area contributed by atoms with E-state index < -0.39 is 0 Å². The zero-order chi connectivity index (χ0) is 15.2. The highest BCUT2D eigenvalue weighted by Crippen LogP contribution is 2.16. The first kappa shape index (κ1) is 15.6. The molecule has 0 aliphatic carbocycles. The van der Waals surface area contributed by atoms with Gasteiger partial charge in [0.25, 0.3) is 5.91 Å². The summed E-state index contributed by atoms with van der Waals surface area (Å²) < 4.78 is 5.61. The molecule has 21 heavy (non-hydrogen) atoms. The summed E-state index contributed by atoms with van der Waals surface area (Å²) in [5.74, 6) is 5.48. The van der Waals surface area contributed by atoms with Crippen LogP contribution < -0.4 is 0 Å². The van der Waals surface area contributed by atoms with Gasteiger partial charge in [-0.25, -0.2) is 0 Å². The van der Waals surface area contributed by atoms with Crippen LogP contribution in [0.3, 0.4) is 0 Å². The van der Waals surface area contributed by atoms with Crippen LogP contribution in [0.2, 0.25) is 0 Å². The van der Waals surface area contributed by atoms with Gasteiger partial charge in [0.2, 0.25) is 0 Å². The fraction of sp³-hybridized carbons (Fsp3) is 0.471. The molecule has 1 aliphatic rings. The monoisotopic (exact) mass is 287 g/mol. The van der Waals surface area contributed by atoms with Gasteiger partial charge in [-0.05, 0) is 31.0 Å². The number of carbonyl (C=O) groups is 1. The van der Waals surface area contributed by atoms with Crippen LogP contribution in [0.5, 0.6) is 0 Å². The van der Waals surface area contributed by atoms with Crippen molar-refractivity contribution in [1.29, 1.82) is 0 Å². The predicted octanol–water partition coefficient (Wildman–Crippen LogP) is 1.59. The number of rotatable bonds is 2. The smallest absolute Gasteiger partial charge is 0.254 e. The van der Waals surface area contributed by atoms with Gasteiger partial charge in [0.05, 0.1) is 12.7 Å². The van der Waals surface area contributed by atoms with Crippen LogP contribution in [0.4, 0.5) is 0 Å². The Morgan fingerprint density at radius 1 is 1.52 bits per heavy atom. The minimum Gasteiger partial charge on any atom is -0.384 e. The van der Waals surface area contributed by atoms with E-state index in [0.29, 0.717) is 25.3 Å². The molecule has 0 bridgehead atoms. The molecular weight excluding hydrogens is 266 g/mol. The lowest BCUT2D eigenvalue weighted by molar-refractivity contribution is -0.0226. The topological polar surface area (TPSA) is 49.8 Å². The Morgan fingerprint density at radius 3 is 3.05 bits per heavy atom. The molecule has 4 heteroatoms. The molecule has 1 saturated heterocycles. The average Bonchev–Trinajstić information content (AvgIpc) is 2.53. The number of carbonyl (C=O) groups excluding carboxylic acids is 1. The summed E-state index contributed by atoms with van der Waals surface area (Å²) in [5, 5.41) is 8.76. The maximum atomic E-state index is 12.7. The van der Waals surface area contributed by atoms with Gasteiger partial charge in [-0.15, -0.1) is 0 Å². The number of hydrogen-bond acceptors (Lipinski definition) is 3. The second kappa shape index (κ2) is 7.26. The van der Waals surface area contributed by atoms with E-state index in [0.717, 1.165) is 17.5 Å². The first-order valence-electron chi connectivity index (χ1n) is 7.27. The first-order valence-corrected chi connectivity index (χ1v) is 7.27. The zero-order valence-electron chi connectivity index (χ0n) is 12.6. The Kier molecular flexibility index (Phi) is 5.38. The summed E-state index contributed by atoms with van der Waals surface area (Å²) in [4.78, 5) is 14.5. The number of benzene rings is 1. The van der Waals surface area contributed by atoms with Crippen LogP contribution >= 0.6 is 0 Å². The predicted molar refractivity (Wildman–Crippen MR) is 81.1 cm³/mol. The van der Waals surface area contributed by atoms with Crippen molar-refractivity contribution >= 4 is 5.91 Å². The van der Waals surface area contributed by atoms with Gasteiger partial charge in [0.1, 0.15) is 6.61 Å². The van der Waals surface area contributed by atoms with Crippen LogP contribution in [0, 0.1) is 18.8 Å². The molecule has 2 rings (SSSR count). The van der Waals surface area contributed by atoms with E-state index in [1.807, 2.05) is 24.0 Å². The van der Waals surface area contributed by atoms with Gasteiger partial charge < -0.3 is 14.7 Å². The molecule has 1 aliphatic heterocycles. The normalized spacial score (nSPS) is 18.0. The third-order valence-electron chi connectivity index (χ3n) is 3.66. The molecule has 1 heterocycles. The highest BCUT2D eigenvalue weighted by Gasteiger charge is 2.24. The molecule has 4 nitrogen and oxygen atoms in total. The molecule has 0 spiro atoms. The Labute approximate surface area is 125 Å². The molecule has 0 radical (unpaired) electrons. The standard InChI is InChI=1S/C17H21NO3/c1-3-15-12-18(8-10-21-15)17(20)16-11-14(5-4-9-19)7-6-13(16)2/h6-7,11,15,19H,3,8-10,12H2,1-2H3. The highest BCUT2D eigenvalue weighted by molar-refractivity contribution is 5.96. The number of ether oxygens (including phenoxy) is 1. The third-order valence-corrected chi connectivity index (χ3v) is 3.66. The first-order chi connectivity index (χ1) is 10.2. The molecule has 0 aromatic heterocycles. The van der Waals surface area contributed by atoms with Crippen molar-refractivity contribution in [3.63, 3.8) is 0 Å². The van der Waals surface area contributed by atoms with Gasteiger partial charge in [-0.3, -0.25) is 4.79 Å². The van der Waals surface area contributed by atoms with Gasteiger partial charge in [-0.2, -0.15) is 0 Å². The number of aliphatic hydroxyl groups excluding tert-OH is 1. The summed E-state index contributed by atoms with van der Waals surface area (Å²) in [6, 6.07) is 5.56. The quantitative estimate of drug-likeness (QED) is 0.840. The summed E-state index contributed by atoms with van der Waals surface area (Å²) in [6.07, 6.45) is 1.03. The molecule has 1 N–H and O–H groups in total. The maximum absolute atomic E-state index is 12.7. The summed E-state index contributed by atoms with van der Waals surface area (Å²) in [6.45, 7) is 5.66. The van der Waals surface area contributed by atoms with Crippen LogP contribution in [0.1, 0.15) is 34.8 Å². The second-order valence-corrected chi connectivity index (χ2v) is 5.14. The lowest BCUT2D eigenvalue weighted by atomic mass is 10.0. The van der Waals surface area contributed by atoms with Crippen molar-refractivity contribution < 1.29 is 14.6 Å². The van der Waals surface area contributed by atoms with Crippen LogP contribution in [-0.2, 0) is 4.74 Å². The van der Waals surface area contributed by atoms with Gasteiger partial charge >= 0.3 is 0 Å². The molecule has 1 aromatic carbocycles. The number of nitrogens with zero attached hydrogens (tertiary/aromatic N) is 1. The summed E-state index contributed by atoms with van der Waals surface area (Å²) in [7, 11) is 0. The number of amides is 1. The number of aliphatic hydroxyl groups is 1. The summed E-state index contributed by atoms with van der Waals surface area (Å²) >= 11 is 0. The van der Waals surface area contributed by atoms with Crippen LogP contribution in [0.15, 0.2) is 18.2 Å². The van der Waals surface area contributed by atoms with Crippen molar-refractivity contribution in [2.75, 3.05) is 26.3 Å². The molecule has 1 unspecified atom stereocenters. The second-order valence-electron chi connectivity index (χ2n) is 5.14. The van der Waals surface area contributed by atoms with Gasteiger partial charge in [-0.1, -0.05) is 24.8 Å². The van der Waals surface area contributed by atoms with Crippen LogP contribution in [0.25, 0.3) is 0 Å². The van der Waals surface area contributed by atoms with Crippen LogP contribution in [-0.4, -0.2) is 48.3 Å². The van der Waals surface area contributed by atoms with E-state index in [2.05, 4.69) is 18.8 Å². The number of morpholine rings is 1. The van der Waals surface area contributed by atoms with Crippen molar-refractivity contribution in [2.45, 2.75) is 26.4 Å². The minimum absolute atomic E-state index is 0.0295. The van der Waals surface area contributed by atoms with E-state index in [9.17, 15) is 4.79 Å². The van der Waals surface area contributed by atoms with Gasteiger partial charge in [0, 0.05) is 24.2 Å². The molecular formula is C17H21NO3. The third kappa shape index (κ3) is 3.84. The van der Waals surface area contributed by atoms with E-state index >= 15 is 0 Å². The minimum atomic E-state index is -0.182. The average molecular weight is 287 g/mol. The van der Waals surface area contributed by atoms with Crippen molar-refractivity contribution in [3.05, 3.63) is 34.9 Å². The highest BCUT2D eigenvalue weighted by atomic mass is 16.5. The van der Waals surface area contributed by atoms with E-state index in [-0.39, 0.29) is 18.6 Å². The lowest BCUT2D eigenvalue weighted by Gasteiger charge is -2.32. The molecule has 1 atom stereocenters. The number of aryl methyl sites for hydroxylation is 1. The van der Waals surface area contributed by atoms with Crippen molar-refractivity contribution in [2.24, 2.45) is 0 Å². The van der Waals surface area contributed by atoms with E-state index in [4.69, 9.17) is 9.84 Å². The SMILES string of the molecule is CCC1CN(C(=O)c2cc(C#CCO)ccc2C)CCO1. The zero-order valence-corrected chi connectivity index (χ0v) is 12.6. The summed E-state index contributed by atoms with van der Waals surface area (Å²) in [5.41, 5.74) is 2.36. The molecule has 1 fully saturated rings. The molecule has 112 valence electrons. The molecule has 1 amide bonds. The Hall–Kier alpha value is -1.83. The van der Waals surface area contributed by atoms with Gasteiger partial charge in [0.15, 0.2) is 0 Å². The fourth-order valence-electron chi connectivity index (χ4n) is 2.39. The maximum Gasteiger partial charge on any atom is 0.254 e. The molecule has 0 saturated carbocycles. The number of hydrogen-bond donors (Lipinski definition) is 1. The fourth-order valence-corrected chi connectivity index (χ4v) is 2.39. The van der Waals surface area contributed by atoms with Crippen molar-refractivity contribution in [1.82, 2.24) is 4.90 Å².